The molecule has 2 aromatic carbocycles. The van der Waals surface area contributed by atoms with E-state index in [1.807, 2.05) is 50.2 Å². The number of anilines is 1. The van der Waals surface area contributed by atoms with Crippen molar-refractivity contribution in [3.8, 4) is 5.75 Å². The molecule has 0 atom stereocenters. The average Bonchev–Trinajstić information content (AvgIpc) is 2.70. The van der Waals surface area contributed by atoms with E-state index >= 15 is 0 Å². The second-order valence-corrected chi connectivity index (χ2v) is 7.25. The van der Waals surface area contributed by atoms with Crippen molar-refractivity contribution in [2.24, 2.45) is 5.92 Å². The normalized spacial score (nSPS) is 14.4. The van der Waals surface area contributed by atoms with Gasteiger partial charge in [0.2, 0.25) is 0 Å². The average molecular weight is 381 g/mol. The molecule has 1 fully saturated rings. The van der Waals surface area contributed by atoms with Gasteiger partial charge in [-0.1, -0.05) is 24.3 Å². The number of nitrogens with zero attached hydrogens (tertiary/aromatic N) is 1. The summed E-state index contributed by atoms with van der Waals surface area (Å²) in [5, 5.41) is 5.80. The van der Waals surface area contributed by atoms with Gasteiger partial charge in [-0.15, -0.1) is 0 Å². The second kappa shape index (κ2) is 9.26. The number of nitrogens with one attached hydrogen (secondary N) is 2. The van der Waals surface area contributed by atoms with E-state index < -0.39 is 0 Å². The molecule has 3 amide bonds. The molecule has 0 unspecified atom stereocenters. The summed E-state index contributed by atoms with van der Waals surface area (Å²) < 4.78 is 5.38. The van der Waals surface area contributed by atoms with E-state index in [0.717, 1.165) is 24.1 Å². The first-order valence-electron chi connectivity index (χ1n) is 9.65. The first kappa shape index (κ1) is 19.7. The molecule has 1 aliphatic heterocycles. The Morgan fingerprint density at radius 3 is 2.43 bits per heavy atom. The molecule has 0 saturated carbocycles. The van der Waals surface area contributed by atoms with Gasteiger partial charge in [0.05, 0.1) is 0 Å². The number of carbonyl (C=O) groups excluding carboxylic acids is 2. The summed E-state index contributed by atoms with van der Waals surface area (Å²) in [6, 6.07) is 14.7. The number of aryl methyl sites for hydroxylation is 2. The van der Waals surface area contributed by atoms with Crippen LogP contribution in [0.2, 0.25) is 0 Å². The minimum atomic E-state index is -0.315. The van der Waals surface area contributed by atoms with Crippen LogP contribution in [0.25, 0.3) is 0 Å². The zero-order valence-corrected chi connectivity index (χ0v) is 16.4. The predicted octanol–water partition coefficient (Wildman–Crippen LogP) is 4.34. The first-order chi connectivity index (χ1) is 13.5. The molecule has 0 aromatic heterocycles. The van der Waals surface area contributed by atoms with Crippen LogP contribution in [0.1, 0.15) is 24.0 Å². The van der Waals surface area contributed by atoms with Gasteiger partial charge in [0.25, 0.3) is 0 Å². The second-order valence-electron chi connectivity index (χ2n) is 7.25. The van der Waals surface area contributed by atoms with Crippen LogP contribution in [-0.2, 0) is 0 Å². The maximum absolute atomic E-state index is 12.2. The lowest BCUT2D eigenvalue weighted by atomic mass is 9.97. The van der Waals surface area contributed by atoms with Crippen molar-refractivity contribution in [1.82, 2.24) is 10.2 Å². The topological polar surface area (TPSA) is 70.7 Å². The van der Waals surface area contributed by atoms with E-state index in [4.69, 9.17) is 4.74 Å². The Morgan fingerprint density at radius 1 is 1.04 bits per heavy atom. The highest BCUT2D eigenvalue weighted by atomic mass is 16.6. The highest BCUT2D eigenvalue weighted by molar-refractivity contribution is 5.89. The van der Waals surface area contributed by atoms with Gasteiger partial charge >= 0.3 is 12.1 Å². The van der Waals surface area contributed by atoms with Gasteiger partial charge < -0.3 is 20.3 Å². The number of hydrogen-bond donors (Lipinski definition) is 2. The van der Waals surface area contributed by atoms with Crippen LogP contribution in [0.3, 0.4) is 0 Å². The Hall–Kier alpha value is -3.02. The Balaban J connectivity index is 1.38. The summed E-state index contributed by atoms with van der Waals surface area (Å²) in [4.78, 5) is 26.1. The SMILES string of the molecule is Cc1ccc(NC(=O)NCC2CCN(C(=O)Oc3ccccc3)CC2)cc1C. The van der Waals surface area contributed by atoms with Crippen LogP contribution in [0.15, 0.2) is 48.5 Å². The van der Waals surface area contributed by atoms with Crippen molar-refractivity contribution in [3.05, 3.63) is 59.7 Å². The van der Waals surface area contributed by atoms with E-state index in [0.29, 0.717) is 31.3 Å². The lowest BCUT2D eigenvalue weighted by Gasteiger charge is -2.31. The summed E-state index contributed by atoms with van der Waals surface area (Å²) in [6.45, 7) is 5.93. The monoisotopic (exact) mass is 381 g/mol. The molecular weight excluding hydrogens is 354 g/mol. The van der Waals surface area contributed by atoms with Gasteiger partial charge in [-0.25, -0.2) is 9.59 Å². The Kier molecular flexibility index (Phi) is 6.53. The number of urea groups is 1. The zero-order chi connectivity index (χ0) is 19.9. The van der Waals surface area contributed by atoms with Gasteiger partial charge in [0.15, 0.2) is 0 Å². The number of ether oxygens (including phenoxy) is 1. The number of carbonyl (C=O) groups is 2. The Morgan fingerprint density at radius 2 is 1.75 bits per heavy atom. The standard InChI is InChI=1S/C22H27N3O3/c1-16-8-9-19(14-17(16)2)24-21(26)23-15-18-10-12-25(13-11-18)22(27)28-20-6-4-3-5-7-20/h3-9,14,18H,10-13,15H2,1-2H3,(H2,23,24,26). The molecule has 6 nitrogen and oxygen atoms in total. The van der Waals surface area contributed by atoms with E-state index in [9.17, 15) is 9.59 Å². The van der Waals surface area contributed by atoms with Gasteiger partial charge in [-0.2, -0.15) is 0 Å². The van der Waals surface area contributed by atoms with Crippen molar-refractivity contribution in [1.29, 1.82) is 0 Å². The molecule has 2 N–H and O–H groups in total. The summed E-state index contributed by atoms with van der Waals surface area (Å²) in [5.74, 6) is 0.908. The Bertz CT molecular complexity index is 815. The van der Waals surface area contributed by atoms with E-state index in [1.54, 1.807) is 17.0 Å². The summed E-state index contributed by atoms with van der Waals surface area (Å²) in [5.41, 5.74) is 3.13. The largest absolute Gasteiger partial charge is 0.415 e. The van der Waals surface area contributed by atoms with E-state index in [-0.39, 0.29) is 12.1 Å². The minimum absolute atomic E-state index is 0.200. The maximum atomic E-state index is 12.2. The number of rotatable bonds is 4. The molecule has 28 heavy (non-hydrogen) atoms. The van der Waals surface area contributed by atoms with Crippen molar-refractivity contribution < 1.29 is 14.3 Å². The van der Waals surface area contributed by atoms with Crippen LogP contribution in [0.4, 0.5) is 15.3 Å². The quantitative estimate of drug-likeness (QED) is 0.828. The number of hydrogen-bond acceptors (Lipinski definition) is 3. The fraction of sp³-hybridized carbons (Fsp3) is 0.364. The molecular formula is C22H27N3O3. The van der Waals surface area contributed by atoms with Crippen LogP contribution < -0.4 is 15.4 Å². The molecule has 0 spiro atoms. The molecule has 1 saturated heterocycles. The molecule has 2 aromatic rings. The highest BCUT2D eigenvalue weighted by Crippen LogP contribution is 2.19. The zero-order valence-electron chi connectivity index (χ0n) is 16.4. The van der Waals surface area contributed by atoms with Crippen molar-refractivity contribution in [3.63, 3.8) is 0 Å². The summed E-state index contributed by atoms with van der Waals surface area (Å²) in [6.07, 6.45) is 1.37. The lowest BCUT2D eigenvalue weighted by molar-refractivity contribution is 0.130. The summed E-state index contributed by atoms with van der Waals surface area (Å²) >= 11 is 0. The van der Waals surface area contributed by atoms with Crippen molar-refractivity contribution in [2.75, 3.05) is 25.0 Å². The number of likely N-dealkylation sites (tertiary alicyclic amines) is 1. The number of para-hydroxylation sites is 1. The minimum Gasteiger partial charge on any atom is -0.410 e. The molecule has 0 radical (unpaired) electrons. The smallest absolute Gasteiger partial charge is 0.410 e. The molecule has 6 heteroatoms. The fourth-order valence-corrected chi connectivity index (χ4v) is 3.21. The summed E-state index contributed by atoms with van der Waals surface area (Å²) in [7, 11) is 0. The third kappa shape index (κ3) is 5.49. The van der Waals surface area contributed by atoms with Gasteiger partial charge in [-0.05, 0) is 68.0 Å². The van der Waals surface area contributed by atoms with Gasteiger partial charge in [-0.3, -0.25) is 0 Å². The molecule has 3 rings (SSSR count). The molecule has 1 aliphatic rings. The van der Waals surface area contributed by atoms with Crippen LogP contribution in [0.5, 0.6) is 5.75 Å². The molecule has 0 aliphatic carbocycles. The third-order valence-electron chi connectivity index (χ3n) is 5.14. The van der Waals surface area contributed by atoms with Crippen molar-refractivity contribution in [2.45, 2.75) is 26.7 Å². The Labute approximate surface area is 165 Å². The van der Waals surface area contributed by atoms with Crippen LogP contribution in [-0.4, -0.2) is 36.7 Å². The number of amides is 3. The number of piperidine rings is 1. The van der Waals surface area contributed by atoms with E-state index in [2.05, 4.69) is 10.6 Å². The lowest BCUT2D eigenvalue weighted by Crippen LogP contribution is -2.43. The van der Waals surface area contributed by atoms with Crippen LogP contribution >= 0.6 is 0 Å². The van der Waals surface area contributed by atoms with Gasteiger partial charge in [0, 0.05) is 25.3 Å². The molecule has 148 valence electrons. The maximum Gasteiger partial charge on any atom is 0.415 e. The highest BCUT2D eigenvalue weighted by Gasteiger charge is 2.24. The van der Waals surface area contributed by atoms with Crippen LogP contribution in [0, 0.1) is 19.8 Å². The first-order valence-corrected chi connectivity index (χ1v) is 9.65. The molecule has 0 bridgehead atoms. The van der Waals surface area contributed by atoms with E-state index in [1.165, 1.54) is 5.56 Å². The number of benzene rings is 2. The van der Waals surface area contributed by atoms with Gasteiger partial charge in [0.1, 0.15) is 5.75 Å². The third-order valence-corrected chi connectivity index (χ3v) is 5.14. The predicted molar refractivity (Wildman–Crippen MR) is 110 cm³/mol. The van der Waals surface area contributed by atoms with Crippen molar-refractivity contribution >= 4 is 17.8 Å². The fourth-order valence-electron chi connectivity index (χ4n) is 3.21. The molecule has 1 heterocycles.